The van der Waals surface area contributed by atoms with Crippen LogP contribution < -0.4 is 14.3 Å². The first-order valence-electron chi connectivity index (χ1n) is 10.5. The van der Waals surface area contributed by atoms with Gasteiger partial charge in [-0.05, 0) is 60.2 Å². The molecule has 0 amide bonds. The van der Waals surface area contributed by atoms with Crippen LogP contribution in [0.5, 0.6) is 11.5 Å². The number of carbonyl (C=O) groups is 1. The van der Waals surface area contributed by atoms with E-state index >= 15 is 0 Å². The van der Waals surface area contributed by atoms with Crippen LogP contribution in [0, 0.1) is 0 Å². The summed E-state index contributed by atoms with van der Waals surface area (Å²) < 4.78 is 36.0. The molecule has 172 valence electrons. The minimum Gasteiger partial charge on any atom is -0.494 e. The quantitative estimate of drug-likeness (QED) is 0.172. The molecule has 0 aliphatic heterocycles. The summed E-state index contributed by atoms with van der Waals surface area (Å²) in [5.74, 6) is 0.348. The lowest BCUT2D eigenvalue weighted by Crippen LogP contribution is -2.18. The monoisotopic (exact) mass is 474 g/mol. The molecule has 0 aliphatic rings. The highest BCUT2D eigenvalue weighted by Gasteiger charge is 2.15. The molecule has 4 aromatic rings. The van der Waals surface area contributed by atoms with Crippen LogP contribution in [0.4, 0.5) is 0 Å². The predicted molar refractivity (Wildman–Crippen MR) is 131 cm³/mol. The summed E-state index contributed by atoms with van der Waals surface area (Å²) in [5, 5.41) is 5.58. The van der Waals surface area contributed by atoms with E-state index in [4.69, 9.17) is 9.47 Å². The maximum Gasteiger partial charge on any atom is 0.343 e. The third-order valence-corrected chi connectivity index (χ3v) is 6.19. The Labute approximate surface area is 197 Å². The first kappa shape index (κ1) is 23.0. The lowest BCUT2D eigenvalue weighted by Gasteiger charge is -2.11. The molecule has 0 aliphatic carbocycles. The number of rotatable bonds is 8. The van der Waals surface area contributed by atoms with Gasteiger partial charge in [0.25, 0.3) is 10.0 Å². The number of hydrogen-bond donors (Lipinski definition) is 1. The molecule has 4 rings (SSSR count). The van der Waals surface area contributed by atoms with E-state index in [1.807, 2.05) is 37.3 Å². The van der Waals surface area contributed by atoms with Crippen LogP contribution in [0.15, 0.2) is 101 Å². The maximum atomic E-state index is 12.8. The van der Waals surface area contributed by atoms with Crippen LogP contribution in [0.3, 0.4) is 0 Å². The molecule has 1 N–H and O–H groups in total. The number of hydrazone groups is 1. The third kappa shape index (κ3) is 5.24. The van der Waals surface area contributed by atoms with E-state index in [1.54, 1.807) is 48.5 Å². The first-order valence-corrected chi connectivity index (χ1v) is 12.0. The summed E-state index contributed by atoms with van der Waals surface area (Å²) in [7, 11) is -3.84. The summed E-state index contributed by atoms with van der Waals surface area (Å²) in [6.45, 7) is 2.41. The van der Waals surface area contributed by atoms with Crippen molar-refractivity contribution < 1.29 is 22.7 Å². The second kappa shape index (κ2) is 10.2. The molecule has 4 aromatic carbocycles. The van der Waals surface area contributed by atoms with Crippen LogP contribution in [0.25, 0.3) is 10.8 Å². The Bertz CT molecular complexity index is 1430. The van der Waals surface area contributed by atoms with Gasteiger partial charge < -0.3 is 9.47 Å². The molecule has 0 bridgehead atoms. The van der Waals surface area contributed by atoms with Crippen LogP contribution in [0.1, 0.15) is 22.8 Å². The summed E-state index contributed by atoms with van der Waals surface area (Å²) in [6.07, 6.45) is 1.34. The smallest absolute Gasteiger partial charge is 0.343 e. The largest absolute Gasteiger partial charge is 0.494 e. The highest BCUT2D eigenvalue weighted by atomic mass is 32.2. The van der Waals surface area contributed by atoms with Gasteiger partial charge in [0, 0.05) is 5.56 Å². The Morgan fingerprint density at radius 1 is 0.912 bits per heavy atom. The molecule has 0 spiro atoms. The average molecular weight is 475 g/mol. The molecular weight excluding hydrogens is 452 g/mol. The Balaban J connectivity index is 1.63. The number of benzene rings is 4. The van der Waals surface area contributed by atoms with Crippen molar-refractivity contribution in [1.82, 2.24) is 4.83 Å². The highest BCUT2D eigenvalue weighted by Crippen LogP contribution is 2.27. The Hall–Kier alpha value is -4.17. The lowest BCUT2D eigenvalue weighted by atomic mass is 10.0. The van der Waals surface area contributed by atoms with E-state index in [1.165, 1.54) is 18.3 Å². The number of ether oxygens (including phenoxy) is 2. The number of carbonyl (C=O) groups excluding carboxylic acids is 1. The standard InChI is InChI=1S/C26H22N2O5S/c1-2-32-21-15-12-20(13-16-21)26(29)33-25-17-14-19-8-6-7-11-23(19)24(25)18-27-28-34(30,31)22-9-4-3-5-10-22/h3-18,28H,2H2,1H3/b27-18+. The molecule has 0 heterocycles. The fraction of sp³-hybridized carbons (Fsp3) is 0.0769. The fourth-order valence-electron chi connectivity index (χ4n) is 3.32. The highest BCUT2D eigenvalue weighted by molar-refractivity contribution is 7.89. The maximum absolute atomic E-state index is 12.8. The summed E-state index contributed by atoms with van der Waals surface area (Å²) in [6, 6.07) is 25.5. The van der Waals surface area contributed by atoms with E-state index in [9.17, 15) is 13.2 Å². The van der Waals surface area contributed by atoms with E-state index in [-0.39, 0.29) is 10.6 Å². The van der Waals surface area contributed by atoms with Crippen molar-refractivity contribution in [2.24, 2.45) is 5.10 Å². The van der Waals surface area contributed by atoms with Gasteiger partial charge in [0.05, 0.1) is 23.3 Å². The Morgan fingerprint density at radius 2 is 1.62 bits per heavy atom. The molecule has 7 nitrogen and oxygen atoms in total. The number of esters is 1. The average Bonchev–Trinajstić information content (AvgIpc) is 2.86. The Morgan fingerprint density at radius 3 is 2.35 bits per heavy atom. The zero-order valence-corrected chi connectivity index (χ0v) is 19.2. The summed E-state index contributed by atoms with van der Waals surface area (Å²) >= 11 is 0. The number of hydrogen-bond acceptors (Lipinski definition) is 6. The molecule has 0 fully saturated rings. The third-order valence-electron chi connectivity index (χ3n) is 4.95. The van der Waals surface area contributed by atoms with Crippen molar-refractivity contribution >= 4 is 33.0 Å². The van der Waals surface area contributed by atoms with Gasteiger partial charge in [-0.2, -0.15) is 13.5 Å². The molecule has 0 saturated heterocycles. The Kier molecular flexibility index (Phi) is 6.89. The van der Waals surface area contributed by atoms with E-state index in [0.717, 1.165) is 10.8 Å². The molecule has 0 radical (unpaired) electrons. The van der Waals surface area contributed by atoms with Gasteiger partial charge in [0.1, 0.15) is 11.5 Å². The summed E-state index contributed by atoms with van der Waals surface area (Å²) in [5.41, 5.74) is 0.817. The normalized spacial score (nSPS) is 11.4. The van der Waals surface area contributed by atoms with E-state index in [2.05, 4.69) is 9.93 Å². The predicted octanol–water partition coefficient (Wildman–Crippen LogP) is 4.77. The molecule has 34 heavy (non-hydrogen) atoms. The minimum atomic E-state index is -3.84. The van der Waals surface area contributed by atoms with E-state index < -0.39 is 16.0 Å². The second-order valence-electron chi connectivity index (χ2n) is 7.21. The molecule has 0 atom stereocenters. The minimum absolute atomic E-state index is 0.0900. The van der Waals surface area contributed by atoms with Crippen molar-refractivity contribution in [1.29, 1.82) is 0 Å². The number of nitrogens with zero attached hydrogens (tertiary/aromatic N) is 1. The van der Waals surface area contributed by atoms with Gasteiger partial charge in [-0.15, -0.1) is 0 Å². The summed E-state index contributed by atoms with van der Waals surface area (Å²) in [4.78, 5) is 15.1. The molecular formula is C26H22N2O5S. The lowest BCUT2D eigenvalue weighted by molar-refractivity contribution is 0.0734. The van der Waals surface area contributed by atoms with Gasteiger partial charge in [0.2, 0.25) is 0 Å². The van der Waals surface area contributed by atoms with E-state index in [0.29, 0.717) is 23.5 Å². The van der Waals surface area contributed by atoms with Gasteiger partial charge >= 0.3 is 5.97 Å². The van der Waals surface area contributed by atoms with Crippen molar-refractivity contribution in [3.05, 3.63) is 102 Å². The number of fused-ring (bicyclic) bond motifs is 1. The molecule has 0 saturated carbocycles. The molecule has 0 unspecified atom stereocenters. The van der Waals surface area contributed by atoms with Gasteiger partial charge in [-0.3, -0.25) is 0 Å². The van der Waals surface area contributed by atoms with Crippen molar-refractivity contribution in [2.45, 2.75) is 11.8 Å². The van der Waals surface area contributed by atoms with Crippen LogP contribution in [-0.2, 0) is 10.0 Å². The van der Waals surface area contributed by atoms with Crippen LogP contribution in [0.2, 0.25) is 0 Å². The molecule has 0 aromatic heterocycles. The van der Waals surface area contributed by atoms with Crippen molar-refractivity contribution in [3.8, 4) is 11.5 Å². The van der Waals surface area contributed by atoms with Crippen molar-refractivity contribution in [2.75, 3.05) is 6.61 Å². The van der Waals surface area contributed by atoms with Crippen molar-refractivity contribution in [3.63, 3.8) is 0 Å². The fourth-order valence-corrected chi connectivity index (χ4v) is 4.14. The number of nitrogens with one attached hydrogen (secondary N) is 1. The topological polar surface area (TPSA) is 94.1 Å². The zero-order valence-electron chi connectivity index (χ0n) is 18.3. The number of sulfonamides is 1. The second-order valence-corrected chi connectivity index (χ2v) is 8.87. The van der Waals surface area contributed by atoms with Crippen LogP contribution >= 0.6 is 0 Å². The van der Waals surface area contributed by atoms with Gasteiger partial charge in [-0.25, -0.2) is 9.63 Å². The first-order chi connectivity index (χ1) is 16.5. The molecule has 8 heteroatoms. The van der Waals surface area contributed by atoms with Crippen LogP contribution in [-0.4, -0.2) is 27.2 Å². The SMILES string of the molecule is CCOc1ccc(C(=O)Oc2ccc3ccccc3c2/C=N/NS(=O)(=O)c2ccccc2)cc1. The zero-order chi connectivity index (χ0) is 24.0. The van der Waals surface area contributed by atoms with Gasteiger partial charge in [0.15, 0.2) is 0 Å². The van der Waals surface area contributed by atoms with Gasteiger partial charge in [-0.1, -0.05) is 48.5 Å².